The third kappa shape index (κ3) is 7.75. The first-order valence-corrected chi connectivity index (χ1v) is 12.6. The molecule has 0 aliphatic carbocycles. The Kier molecular flexibility index (Phi) is 8.94. The van der Waals surface area contributed by atoms with E-state index in [1.807, 2.05) is 94.1 Å². The summed E-state index contributed by atoms with van der Waals surface area (Å²) < 4.78 is 38.5. The Hall–Kier alpha value is -4.01. The van der Waals surface area contributed by atoms with Gasteiger partial charge < -0.3 is 20.4 Å². The number of urea groups is 1. The van der Waals surface area contributed by atoms with Gasteiger partial charge >= 0.3 is 12.2 Å². The van der Waals surface area contributed by atoms with Gasteiger partial charge in [-0.2, -0.15) is 13.2 Å². The molecule has 0 aromatic heterocycles. The zero-order valence-corrected chi connectivity index (χ0v) is 23.1. The van der Waals surface area contributed by atoms with Crippen molar-refractivity contribution in [1.82, 2.24) is 4.90 Å². The molecule has 0 saturated heterocycles. The number of hydrogen-bond donors (Lipinski definition) is 2. The van der Waals surface area contributed by atoms with E-state index in [0.29, 0.717) is 12.2 Å². The minimum atomic E-state index is -4.45. The van der Waals surface area contributed by atoms with Crippen molar-refractivity contribution < 1.29 is 22.8 Å². The van der Waals surface area contributed by atoms with Crippen molar-refractivity contribution in [1.29, 1.82) is 0 Å². The molecule has 0 unspecified atom stereocenters. The van der Waals surface area contributed by atoms with Gasteiger partial charge in [-0.1, -0.05) is 51.1 Å². The number of nitrogens with one attached hydrogen (secondary N) is 2. The number of alkyl halides is 3. The van der Waals surface area contributed by atoms with Crippen LogP contribution in [0, 0.1) is 5.41 Å². The van der Waals surface area contributed by atoms with Gasteiger partial charge in [0.05, 0.1) is 11.6 Å². The standard InChI is InChI=1S/C30H35F3N4O2/c1-20(21-10-8-7-9-11-21)37(27(38)29(2,3)4)19-22-18-25(16-17-26(22)36(5)6)35-28(39)34-24-14-12-23(13-15-24)30(31,32)33/h7-18,20H,19H2,1-6H3,(H2,34,35,39)/t20-/m0/s1. The fourth-order valence-corrected chi connectivity index (χ4v) is 4.17. The molecule has 0 spiro atoms. The predicted molar refractivity (Wildman–Crippen MR) is 150 cm³/mol. The van der Waals surface area contributed by atoms with Gasteiger partial charge in [-0.15, -0.1) is 0 Å². The average Bonchev–Trinajstić information content (AvgIpc) is 2.86. The lowest BCUT2D eigenvalue weighted by atomic mass is 9.92. The van der Waals surface area contributed by atoms with E-state index in [1.54, 1.807) is 6.07 Å². The molecule has 39 heavy (non-hydrogen) atoms. The van der Waals surface area contributed by atoms with Crippen LogP contribution in [0.3, 0.4) is 0 Å². The van der Waals surface area contributed by atoms with E-state index in [2.05, 4.69) is 10.6 Å². The molecule has 0 heterocycles. The van der Waals surface area contributed by atoms with Crippen molar-refractivity contribution in [3.63, 3.8) is 0 Å². The van der Waals surface area contributed by atoms with E-state index in [9.17, 15) is 22.8 Å². The maximum Gasteiger partial charge on any atom is 0.416 e. The summed E-state index contributed by atoms with van der Waals surface area (Å²) in [6.07, 6.45) is -4.45. The summed E-state index contributed by atoms with van der Waals surface area (Å²) in [7, 11) is 3.81. The maximum atomic E-state index is 13.6. The highest BCUT2D eigenvalue weighted by Crippen LogP contribution is 2.32. The van der Waals surface area contributed by atoms with Crippen molar-refractivity contribution in [2.45, 2.75) is 46.5 Å². The van der Waals surface area contributed by atoms with Crippen LogP contribution in [0.15, 0.2) is 72.8 Å². The van der Waals surface area contributed by atoms with E-state index in [-0.39, 0.29) is 17.6 Å². The van der Waals surface area contributed by atoms with Crippen molar-refractivity contribution in [3.05, 3.63) is 89.5 Å². The Labute approximate surface area is 227 Å². The molecule has 6 nitrogen and oxygen atoms in total. The van der Waals surface area contributed by atoms with Crippen LogP contribution in [0.2, 0.25) is 0 Å². The first kappa shape index (κ1) is 29.5. The number of carbonyl (C=O) groups is 2. The molecular weight excluding hydrogens is 505 g/mol. The van der Waals surface area contributed by atoms with Crippen LogP contribution >= 0.6 is 0 Å². The summed E-state index contributed by atoms with van der Waals surface area (Å²) in [4.78, 5) is 30.0. The lowest BCUT2D eigenvalue weighted by Crippen LogP contribution is -2.40. The SMILES string of the molecule is C[C@@H](c1ccccc1)N(Cc1cc(NC(=O)Nc2ccc(C(F)(F)F)cc2)ccc1N(C)C)C(=O)C(C)(C)C. The van der Waals surface area contributed by atoms with Crippen LogP contribution in [-0.2, 0) is 17.5 Å². The molecule has 2 N–H and O–H groups in total. The average molecular weight is 541 g/mol. The quantitative estimate of drug-likeness (QED) is 0.325. The highest BCUT2D eigenvalue weighted by Gasteiger charge is 2.32. The molecule has 0 saturated carbocycles. The lowest BCUT2D eigenvalue weighted by molar-refractivity contribution is -0.142. The Bertz CT molecular complexity index is 1280. The summed E-state index contributed by atoms with van der Waals surface area (Å²) in [6, 6.07) is 18.6. The smallest absolute Gasteiger partial charge is 0.377 e. The molecule has 1 atom stereocenters. The summed E-state index contributed by atoms with van der Waals surface area (Å²) in [5.74, 6) is -0.0121. The second kappa shape index (κ2) is 11.8. The van der Waals surface area contributed by atoms with Gasteiger partial charge in [-0.3, -0.25) is 4.79 Å². The van der Waals surface area contributed by atoms with Gasteiger partial charge in [0.15, 0.2) is 0 Å². The minimum absolute atomic E-state index is 0.0121. The summed E-state index contributed by atoms with van der Waals surface area (Å²) in [6.45, 7) is 7.95. The Morgan fingerprint density at radius 1 is 0.846 bits per heavy atom. The topological polar surface area (TPSA) is 64.7 Å². The fraction of sp³-hybridized carbons (Fsp3) is 0.333. The molecule has 0 aliphatic rings. The summed E-state index contributed by atoms with van der Waals surface area (Å²) in [5.41, 5.74) is 2.02. The number of halogens is 3. The van der Waals surface area contributed by atoms with E-state index >= 15 is 0 Å². The zero-order chi connectivity index (χ0) is 29.0. The molecule has 0 fully saturated rings. The van der Waals surface area contributed by atoms with Gasteiger partial charge in [0.1, 0.15) is 0 Å². The van der Waals surface area contributed by atoms with E-state index < -0.39 is 23.2 Å². The molecule has 0 radical (unpaired) electrons. The van der Waals surface area contributed by atoms with Gasteiger partial charge in [0.25, 0.3) is 0 Å². The Morgan fingerprint density at radius 3 is 1.95 bits per heavy atom. The highest BCUT2D eigenvalue weighted by atomic mass is 19.4. The zero-order valence-electron chi connectivity index (χ0n) is 23.1. The lowest BCUT2D eigenvalue weighted by Gasteiger charge is -2.35. The van der Waals surface area contributed by atoms with Gasteiger partial charge in [-0.25, -0.2) is 4.79 Å². The Balaban J connectivity index is 1.86. The maximum absolute atomic E-state index is 13.6. The molecule has 9 heteroatoms. The van der Waals surface area contributed by atoms with Crippen LogP contribution in [0.5, 0.6) is 0 Å². The molecule has 3 aromatic rings. The molecule has 0 bridgehead atoms. The summed E-state index contributed by atoms with van der Waals surface area (Å²) in [5, 5.41) is 5.29. The number of rotatable bonds is 7. The van der Waals surface area contributed by atoms with Gasteiger partial charge in [-0.05, 0) is 60.5 Å². The Morgan fingerprint density at radius 2 is 1.41 bits per heavy atom. The number of hydrogen-bond acceptors (Lipinski definition) is 3. The number of carbonyl (C=O) groups excluding carboxylic acids is 2. The van der Waals surface area contributed by atoms with Crippen molar-refractivity contribution in [3.8, 4) is 0 Å². The molecular formula is C30H35F3N4O2. The summed E-state index contributed by atoms with van der Waals surface area (Å²) >= 11 is 0. The number of nitrogens with zero attached hydrogens (tertiary/aromatic N) is 2. The van der Waals surface area contributed by atoms with Crippen molar-refractivity contribution in [2.24, 2.45) is 5.41 Å². The normalized spacial score (nSPS) is 12.4. The molecule has 3 amide bonds. The minimum Gasteiger partial charge on any atom is -0.377 e. The molecule has 0 aliphatic heterocycles. The molecule has 208 valence electrons. The number of amides is 3. The van der Waals surface area contributed by atoms with E-state index in [4.69, 9.17) is 0 Å². The second-order valence-corrected chi connectivity index (χ2v) is 10.7. The first-order valence-electron chi connectivity index (χ1n) is 12.6. The monoisotopic (exact) mass is 540 g/mol. The molecule has 3 aromatic carbocycles. The van der Waals surface area contributed by atoms with Gasteiger partial charge in [0, 0.05) is 43.1 Å². The van der Waals surface area contributed by atoms with Crippen LogP contribution < -0.4 is 15.5 Å². The van der Waals surface area contributed by atoms with Crippen LogP contribution in [0.4, 0.5) is 35.0 Å². The third-order valence-electron chi connectivity index (χ3n) is 6.28. The third-order valence-corrected chi connectivity index (χ3v) is 6.28. The van der Waals surface area contributed by atoms with Crippen LogP contribution in [-0.4, -0.2) is 30.9 Å². The van der Waals surface area contributed by atoms with Crippen LogP contribution in [0.25, 0.3) is 0 Å². The van der Waals surface area contributed by atoms with Gasteiger partial charge in [0.2, 0.25) is 5.91 Å². The number of anilines is 3. The largest absolute Gasteiger partial charge is 0.416 e. The highest BCUT2D eigenvalue weighted by molar-refractivity contribution is 6.00. The van der Waals surface area contributed by atoms with Crippen molar-refractivity contribution in [2.75, 3.05) is 29.6 Å². The predicted octanol–water partition coefficient (Wildman–Crippen LogP) is 7.55. The van der Waals surface area contributed by atoms with Crippen LogP contribution in [0.1, 0.15) is 50.4 Å². The molecule has 3 rings (SSSR count). The van der Waals surface area contributed by atoms with Crippen molar-refractivity contribution >= 4 is 29.0 Å². The first-order chi connectivity index (χ1) is 18.2. The number of benzene rings is 3. The van der Waals surface area contributed by atoms with E-state index in [1.165, 1.54) is 12.1 Å². The second-order valence-electron chi connectivity index (χ2n) is 10.7. The van der Waals surface area contributed by atoms with E-state index in [0.717, 1.165) is 28.9 Å². The fourth-order valence-electron chi connectivity index (χ4n) is 4.17.